The monoisotopic (exact) mass is 854 g/mol. The Morgan fingerprint density at radius 1 is 0.510 bits per heavy atom. The molecule has 0 amide bonds. The van der Waals surface area contributed by atoms with E-state index in [2.05, 4.69) is 0 Å². The first-order valence-electron chi connectivity index (χ1n) is 14.0. The zero-order valence-corrected chi connectivity index (χ0v) is 27.4. The van der Waals surface area contributed by atoms with Gasteiger partial charge in [-0.2, -0.15) is 0 Å². The quantitative estimate of drug-likeness (QED) is 0.0912. The van der Waals surface area contributed by atoms with Gasteiger partial charge in [-0.25, -0.2) is 65.9 Å². The molecule has 5 rings (SSSR count). The summed E-state index contributed by atoms with van der Waals surface area (Å²) in [5, 5.41) is 0. The van der Waals surface area contributed by atoms with Crippen molar-refractivity contribution in [3.05, 3.63) is 130 Å². The zero-order chi connectivity index (χ0) is 38.1. The molecule has 0 bridgehead atoms. The van der Waals surface area contributed by atoms with E-state index in [-0.39, 0.29) is 0 Å². The fourth-order valence-electron chi connectivity index (χ4n) is 5.79. The summed E-state index contributed by atoms with van der Waals surface area (Å²) in [6.45, 7) is 2.57. The minimum Gasteiger partial charge on any atom is -0.702 e. The smallest absolute Gasteiger partial charge is 0.365 e. The third kappa shape index (κ3) is 6.03. The number of carbonyl (C=O) groups excluding carboxylic acids is 1. The lowest BCUT2D eigenvalue weighted by Gasteiger charge is -2.47. The van der Waals surface area contributed by atoms with E-state index in [0.717, 1.165) is 0 Å². The van der Waals surface area contributed by atoms with Gasteiger partial charge in [0, 0.05) is 12.8 Å². The highest BCUT2D eigenvalue weighted by molar-refractivity contribution is 7.07. The van der Waals surface area contributed by atoms with E-state index in [1.165, 1.54) is 44.2 Å². The summed E-state index contributed by atoms with van der Waals surface area (Å²) in [6.07, 6.45) is -7.51. The van der Waals surface area contributed by atoms with Crippen LogP contribution >= 0.6 is 0 Å². The van der Waals surface area contributed by atoms with Gasteiger partial charge >= 0.3 is 21.2 Å². The average Bonchev–Trinajstić information content (AvgIpc) is 3.08. The number of halogens is 16. The number of rotatable bonds is 7. The molecular formula is C32H15BF15IO2. The fraction of sp³-hybridized carbons (Fsp3) is 0.156. The van der Waals surface area contributed by atoms with E-state index in [9.17, 15) is 44.3 Å². The van der Waals surface area contributed by atoms with Crippen LogP contribution in [0.5, 0.6) is 0 Å². The van der Waals surface area contributed by atoms with Crippen molar-refractivity contribution < 1.29 is 96.5 Å². The molecule has 0 saturated heterocycles. The van der Waals surface area contributed by atoms with E-state index >= 15 is 26.3 Å². The molecular weight excluding hydrogens is 839 g/mol. The number of benzene rings is 4. The number of hydrogen-bond donors (Lipinski definition) is 0. The summed E-state index contributed by atoms with van der Waals surface area (Å²) in [7, 11) is 0. The number of allylic oxidation sites excluding steroid dienone is 2. The molecule has 4 aromatic carbocycles. The van der Waals surface area contributed by atoms with Crippen LogP contribution in [0.15, 0.2) is 39.7 Å². The van der Waals surface area contributed by atoms with Crippen molar-refractivity contribution in [2.24, 2.45) is 5.41 Å². The highest BCUT2D eigenvalue weighted by Gasteiger charge is 2.53. The van der Waals surface area contributed by atoms with Crippen LogP contribution in [0.4, 0.5) is 65.9 Å². The number of Topliss-reactive ketones (excluding diaryl/α,β-unsaturated/α-hetero) is 1. The van der Waals surface area contributed by atoms with Crippen molar-refractivity contribution in [2.45, 2.75) is 26.7 Å². The zero-order valence-electron chi connectivity index (χ0n) is 25.2. The van der Waals surface area contributed by atoms with E-state index < -0.39 is 165 Å². The van der Waals surface area contributed by atoms with Gasteiger partial charge in [0.05, 0.1) is 0 Å². The Bertz CT molecular complexity index is 1920. The van der Waals surface area contributed by atoms with Gasteiger partial charge in [-0.1, -0.05) is 48.4 Å². The van der Waals surface area contributed by atoms with Crippen LogP contribution in [0.25, 0.3) is 0 Å². The minimum absolute atomic E-state index is 0.294. The standard InChI is InChI=1S/C32H15BF15IO2/c1-32(2)8-11(50)31(49-10-6-4-3-5-7-10)12(9-32)51-33(13-16(34)22(40)28(46)23(41)17(13)35,14-18(36)24(42)29(47)25(43)19(14)37)15-20(38)26(44)30(48)27(45)21(15)39/h3-7H,8-9H2,1-2H3. The van der Waals surface area contributed by atoms with Crippen molar-refractivity contribution >= 4 is 28.5 Å². The Morgan fingerprint density at radius 3 is 1.16 bits per heavy atom. The Balaban J connectivity index is 2.14. The molecule has 4 aromatic rings. The van der Waals surface area contributed by atoms with E-state index in [4.69, 9.17) is 4.65 Å². The lowest BCUT2D eigenvalue weighted by molar-refractivity contribution is -0.572. The van der Waals surface area contributed by atoms with Gasteiger partial charge in [0.25, 0.3) is 9.93 Å². The largest absolute Gasteiger partial charge is 0.702 e. The summed E-state index contributed by atoms with van der Waals surface area (Å²) in [6, 6.07) is 7.21. The summed E-state index contributed by atoms with van der Waals surface area (Å²) in [5.41, 5.74) is -10.1. The molecule has 0 heterocycles. The normalized spacial score (nSPS) is 14.8. The third-order valence-corrected chi connectivity index (χ3v) is 11.1. The molecule has 270 valence electrons. The molecule has 0 radical (unpaired) electrons. The Morgan fingerprint density at radius 2 is 0.824 bits per heavy atom. The van der Waals surface area contributed by atoms with Gasteiger partial charge in [-0.05, 0) is 17.5 Å². The fourth-order valence-corrected chi connectivity index (χ4v) is 8.30. The van der Waals surface area contributed by atoms with Crippen LogP contribution in [0, 0.1) is 96.2 Å². The highest BCUT2D eigenvalue weighted by atomic mass is 127. The molecule has 0 aromatic heterocycles. The molecule has 0 aliphatic heterocycles. The van der Waals surface area contributed by atoms with Crippen LogP contribution in [-0.2, 0) is 9.45 Å². The van der Waals surface area contributed by atoms with Crippen LogP contribution in [-0.4, -0.2) is 12.1 Å². The SMILES string of the molecule is CC1(C)CC(=O)C([I+]c2ccccc2)=C(O[B-](c2c(F)c(F)c(F)c(F)c2F)(c2c(F)c(F)c(F)c(F)c2F)c2c(F)c(F)c(F)c(F)c2F)C1. The van der Waals surface area contributed by atoms with Crippen molar-refractivity contribution in [1.29, 1.82) is 0 Å². The predicted molar refractivity (Wildman–Crippen MR) is 145 cm³/mol. The van der Waals surface area contributed by atoms with Crippen LogP contribution < -0.4 is 37.6 Å². The van der Waals surface area contributed by atoms with Gasteiger partial charge < -0.3 is 4.65 Å². The molecule has 2 nitrogen and oxygen atoms in total. The summed E-state index contributed by atoms with van der Waals surface area (Å²) < 4.78 is 233. The van der Waals surface area contributed by atoms with Crippen molar-refractivity contribution in [3.8, 4) is 0 Å². The van der Waals surface area contributed by atoms with Crippen LogP contribution in [0.1, 0.15) is 26.7 Å². The third-order valence-electron chi connectivity index (χ3n) is 7.97. The van der Waals surface area contributed by atoms with Crippen LogP contribution in [0.3, 0.4) is 0 Å². The van der Waals surface area contributed by atoms with Gasteiger partial charge in [0.15, 0.2) is 55.9 Å². The lowest BCUT2D eigenvalue weighted by atomic mass is 9.27. The molecule has 19 heteroatoms. The Kier molecular flexibility index (Phi) is 10.0. The first-order valence-corrected chi connectivity index (χ1v) is 16.2. The summed E-state index contributed by atoms with van der Waals surface area (Å²) in [5.74, 6) is -49.2. The summed E-state index contributed by atoms with van der Waals surface area (Å²) in [4.78, 5) is 13.5. The van der Waals surface area contributed by atoms with Gasteiger partial charge in [-0.3, -0.25) is 4.79 Å². The lowest BCUT2D eigenvalue weighted by Crippen LogP contribution is -3.61. The minimum atomic E-state index is -6.31. The maximum atomic E-state index is 15.9. The number of ketones is 1. The van der Waals surface area contributed by atoms with E-state index in [0.29, 0.717) is 3.57 Å². The molecule has 0 atom stereocenters. The van der Waals surface area contributed by atoms with Gasteiger partial charge in [0.1, 0.15) is 40.7 Å². The van der Waals surface area contributed by atoms with Crippen LogP contribution in [0.2, 0.25) is 0 Å². The van der Waals surface area contributed by atoms with Crippen molar-refractivity contribution in [2.75, 3.05) is 0 Å². The molecule has 1 aliphatic carbocycles. The molecule has 0 saturated carbocycles. The molecule has 51 heavy (non-hydrogen) atoms. The molecule has 0 spiro atoms. The maximum absolute atomic E-state index is 15.9. The van der Waals surface area contributed by atoms with Crippen molar-refractivity contribution in [1.82, 2.24) is 0 Å². The van der Waals surface area contributed by atoms with Gasteiger partial charge in [-0.15, -0.1) is 0 Å². The number of carbonyl (C=O) groups is 1. The first kappa shape index (κ1) is 38.1. The summed E-state index contributed by atoms with van der Waals surface area (Å²) >= 11 is -1.96. The van der Waals surface area contributed by atoms with E-state index in [1.807, 2.05) is 0 Å². The molecule has 1 aliphatic rings. The maximum Gasteiger partial charge on any atom is 0.365 e. The average molecular weight is 854 g/mol. The Hall–Kier alpha value is -4.17. The second-order valence-corrected chi connectivity index (χ2v) is 14.8. The highest BCUT2D eigenvalue weighted by Crippen LogP contribution is 2.38. The van der Waals surface area contributed by atoms with Crippen molar-refractivity contribution in [3.63, 3.8) is 0 Å². The molecule has 0 unspecified atom stereocenters. The molecule has 0 N–H and O–H groups in total. The molecule has 0 fully saturated rings. The predicted octanol–water partition coefficient (Wildman–Crippen LogP) is 4.32. The second kappa shape index (κ2) is 13.4. The second-order valence-electron chi connectivity index (χ2n) is 11.9. The topological polar surface area (TPSA) is 26.3 Å². The Labute approximate surface area is 287 Å². The van der Waals surface area contributed by atoms with Gasteiger partial charge in [0.2, 0.25) is 5.78 Å². The van der Waals surface area contributed by atoms with E-state index in [1.54, 1.807) is 0 Å². The number of hydrogen-bond acceptors (Lipinski definition) is 2. The first-order chi connectivity index (χ1) is 23.7.